The molecule has 2 aromatic carbocycles. The van der Waals surface area contributed by atoms with E-state index in [1.54, 1.807) is 0 Å². The molecule has 0 radical (unpaired) electrons. The van der Waals surface area contributed by atoms with Crippen molar-refractivity contribution in [3.05, 3.63) is 53.6 Å². The lowest BCUT2D eigenvalue weighted by Gasteiger charge is -2.10. The van der Waals surface area contributed by atoms with Crippen molar-refractivity contribution < 1.29 is 0 Å². The summed E-state index contributed by atoms with van der Waals surface area (Å²) in [5.74, 6) is 0.536. The Hall–Kier alpha value is -2.29. The van der Waals surface area contributed by atoms with Gasteiger partial charge in [0.1, 0.15) is 0 Å². The van der Waals surface area contributed by atoms with Crippen LogP contribution < -0.4 is 5.73 Å². The summed E-state index contributed by atoms with van der Waals surface area (Å²) in [6, 6.07) is 14.3. The Morgan fingerprint density at radius 1 is 0.944 bits per heavy atom. The number of benzene rings is 2. The average molecular weight is 237 g/mol. The third kappa shape index (κ3) is 1.48. The molecule has 3 heteroatoms. The van der Waals surface area contributed by atoms with E-state index in [0.29, 0.717) is 5.95 Å². The minimum atomic E-state index is 0.536. The van der Waals surface area contributed by atoms with Crippen LogP contribution in [0.1, 0.15) is 11.1 Å². The van der Waals surface area contributed by atoms with E-state index >= 15 is 0 Å². The lowest BCUT2D eigenvalue weighted by Crippen LogP contribution is -2.02. The normalized spacial score (nSPS) is 11.0. The van der Waals surface area contributed by atoms with E-state index in [2.05, 4.69) is 37.0 Å². The number of fused-ring (bicyclic) bond motifs is 1. The third-order valence-electron chi connectivity index (χ3n) is 3.26. The summed E-state index contributed by atoms with van der Waals surface area (Å²) >= 11 is 0. The first-order chi connectivity index (χ1) is 8.68. The van der Waals surface area contributed by atoms with Crippen LogP contribution in [-0.4, -0.2) is 9.55 Å². The predicted molar refractivity (Wildman–Crippen MR) is 75.0 cm³/mol. The SMILES string of the molecule is Cc1ccccc1-n1c(N)nc2cccc(C)c21. The summed E-state index contributed by atoms with van der Waals surface area (Å²) < 4.78 is 2.03. The molecule has 0 saturated carbocycles. The zero-order chi connectivity index (χ0) is 12.7. The number of nitrogens with two attached hydrogens (primary N) is 1. The third-order valence-corrected chi connectivity index (χ3v) is 3.26. The molecule has 0 aliphatic heterocycles. The van der Waals surface area contributed by atoms with Crippen molar-refractivity contribution in [3.8, 4) is 5.69 Å². The Morgan fingerprint density at radius 3 is 2.44 bits per heavy atom. The number of nitrogens with zero attached hydrogens (tertiary/aromatic N) is 2. The highest BCUT2D eigenvalue weighted by Crippen LogP contribution is 2.27. The number of para-hydroxylation sites is 2. The number of aryl methyl sites for hydroxylation is 2. The van der Waals surface area contributed by atoms with Crippen molar-refractivity contribution in [2.75, 3.05) is 5.73 Å². The molecule has 0 atom stereocenters. The van der Waals surface area contributed by atoms with Crippen LogP contribution in [0.3, 0.4) is 0 Å². The Labute approximate surface area is 106 Å². The fourth-order valence-corrected chi connectivity index (χ4v) is 2.37. The summed E-state index contributed by atoms with van der Waals surface area (Å²) in [5.41, 5.74) is 11.6. The maximum atomic E-state index is 6.07. The summed E-state index contributed by atoms with van der Waals surface area (Å²) in [4.78, 5) is 4.43. The van der Waals surface area contributed by atoms with E-state index in [9.17, 15) is 0 Å². The van der Waals surface area contributed by atoms with Gasteiger partial charge in [0.2, 0.25) is 5.95 Å². The molecule has 0 unspecified atom stereocenters. The molecule has 18 heavy (non-hydrogen) atoms. The highest BCUT2D eigenvalue weighted by molar-refractivity contribution is 5.84. The highest BCUT2D eigenvalue weighted by atomic mass is 15.2. The lowest BCUT2D eigenvalue weighted by molar-refractivity contribution is 1.08. The molecule has 0 spiro atoms. The first-order valence-corrected chi connectivity index (χ1v) is 5.98. The van der Waals surface area contributed by atoms with E-state index in [4.69, 9.17) is 5.73 Å². The summed E-state index contributed by atoms with van der Waals surface area (Å²) in [7, 11) is 0. The number of anilines is 1. The van der Waals surface area contributed by atoms with Crippen molar-refractivity contribution >= 4 is 17.0 Å². The molecular formula is C15H15N3. The maximum absolute atomic E-state index is 6.07. The lowest BCUT2D eigenvalue weighted by atomic mass is 10.1. The standard InChI is InChI=1S/C15H15N3/c1-10-6-3-4-9-13(10)18-14-11(2)7-5-8-12(14)17-15(18)16/h3-9H,1-2H3,(H2,16,17). The molecule has 0 aliphatic rings. The van der Waals surface area contributed by atoms with E-state index < -0.39 is 0 Å². The quantitative estimate of drug-likeness (QED) is 0.706. The molecule has 0 bridgehead atoms. The fourth-order valence-electron chi connectivity index (χ4n) is 2.37. The van der Waals surface area contributed by atoms with Gasteiger partial charge in [-0.2, -0.15) is 0 Å². The van der Waals surface area contributed by atoms with Crippen LogP contribution in [0.5, 0.6) is 0 Å². The number of nitrogen functional groups attached to an aromatic ring is 1. The number of rotatable bonds is 1. The van der Waals surface area contributed by atoms with Gasteiger partial charge in [0.05, 0.1) is 16.7 Å². The predicted octanol–water partition coefficient (Wildman–Crippen LogP) is 3.22. The molecule has 1 aromatic heterocycles. The number of imidazole rings is 1. The molecule has 3 aromatic rings. The molecular weight excluding hydrogens is 222 g/mol. The Bertz CT molecular complexity index is 726. The molecule has 0 fully saturated rings. The Kier molecular flexibility index (Phi) is 2.33. The smallest absolute Gasteiger partial charge is 0.205 e. The Balaban J connectivity index is 2.43. The van der Waals surface area contributed by atoms with Crippen LogP contribution in [0.2, 0.25) is 0 Å². The minimum absolute atomic E-state index is 0.536. The maximum Gasteiger partial charge on any atom is 0.205 e. The second-order valence-electron chi connectivity index (χ2n) is 4.53. The van der Waals surface area contributed by atoms with Gasteiger partial charge in [0.15, 0.2) is 0 Å². The van der Waals surface area contributed by atoms with Gasteiger partial charge in [0, 0.05) is 0 Å². The molecule has 1 heterocycles. The fraction of sp³-hybridized carbons (Fsp3) is 0.133. The van der Waals surface area contributed by atoms with E-state index in [1.165, 1.54) is 11.1 Å². The number of hydrogen-bond donors (Lipinski definition) is 1. The molecule has 90 valence electrons. The highest BCUT2D eigenvalue weighted by Gasteiger charge is 2.12. The Morgan fingerprint density at radius 2 is 1.67 bits per heavy atom. The van der Waals surface area contributed by atoms with E-state index in [1.807, 2.05) is 28.8 Å². The number of aromatic nitrogens is 2. The second-order valence-corrected chi connectivity index (χ2v) is 4.53. The van der Waals surface area contributed by atoms with Gasteiger partial charge in [-0.3, -0.25) is 4.57 Å². The average Bonchev–Trinajstić information content (AvgIpc) is 2.68. The largest absolute Gasteiger partial charge is 0.369 e. The van der Waals surface area contributed by atoms with Crippen LogP contribution >= 0.6 is 0 Å². The summed E-state index contributed by atoms with van der Waals surface area (Å²) in [6.45, 7) is 4.16. The van der Waals surface area contributed by atoms with Gasteiger partial charge >= 0.3 is 0 Å². The minimum Gasteiger partial charge on any atom is -0.369 e. The van der Waals surface area contributed by atoms with Crippen molar-refractivity contribution in [1.29, 1.82) is 0 Å². The van der Waals surface area contributed by atoms with Gasteiger partial charge in [0.25, 0.3) is 0 Å². The molecule has 0 saturated heterocycles. The zero-order valence-electron chi connectivity index (χ0n) is 10.5. The van der Waals surface area contributed by atoms with Crippen LogP contribution in [0, 0.1) is 13.8 Å². The van der Waals surface area contributed by atoms with Crippen LogP contribution in [-0.2, 0) is 0 Å². The van der Waals surface area contributed by atoms with Crippen molar-refractivity contribution in [2.24, 2.45) is 0 Å². The van der Waals surface area contributed by atoms with Crippen LogP contribution in [0.15, 0.2) is 42.5 Å². The van der Waals surface area contributed by atoms with Crippen molar-refractivity contribution in [1.82, 2.24) is 9.55 Å². The van der Waals surface area contributed by atoms with E-state index in [0.717, 1.165) is 16.7 Å². The molecule has 0 aliphatic carbocycles. The van der Waals surface area contributed by atoms with Crippen molar-refractivity contribution in [2.45, 2.75) is 13.8 Å². The van der Waals surface area contributed by atoms with E-state index in [-0.39, 0.29) is 0 Å². The van der Waals surface area contributed by atoms with Crippen LogP contribution in [0.4, 0.5) is 5.95 Å². The first kappa shape index (κ1) is 10.8. The van der Waals surface area contributed by atoms with Gasteiger partial charge in [-0.1, -0.05) is 30.3 Å². The summed E-state index contributed by atoms with van der Waals surface area (Å²) in [6.07, 6.45) is 0. The van der Waals surface area contributed by atoms with Gasteiger partial charge in [-0.15, -0.1) is 0 Å². The van der Waals surface area contributed by atoms with Gasteiger partial charge in [-0.05, 0) is 37.1 Å². The number of hydrogen-bond acceptors (Lipinski definition) is 2. The zero-order valence-corrected chi connectivity index (χ0v) is 10.5. The topological polar surface area (TPSA) is 43.8 Å². The van der Waals surface area contributed by atoms with Gasteiger partial charge < -0.3 is 5.73 Å². The summed E-state index contributed by atoms with van der Waals surface area (Å²) in [5, 5.41) is 0. The van der Waals surface area contributed by atoms with Crippen molar-refractivity contribution in [3.63, 3.8) is 0 Å². The van der Waals surface area contributed by atoms with Gasteiger partial charge in [-0.25, -0.2) is 4.98 Å². The molecule has 2 N–H and O–H groups in total. The molecule has 3 nitrogen and oxygen atoms in total. The first-order valence-electron chi connectivity index (χ1n) is 5.98. The second kappa shape index (κ2) is 3.88. The molecule has 3 rings (SSSR count). The van der Waals surface area contributed by atoms with Crippen LogP contribution in [0.25, 0.3) is 16.7 Å². The monoisotopic (exact) mass is 237 g/mol. The molecule has 0 amide bonds.